The summed E-state index contributed by atoms with van der Waals surface area (Å²) in [5.41, 5.74) is 2.29. The van der Waals surface area contributed by atoms with Crippen LogP contribution in [0.3, 0.4) is 0 Å². The summed E-state index contributed by atoms with van der Waals surface area (Å²) in [6.45, 7) is 1.69. The number of aliphatic hydroxyl groups is 1. The molecular formula is C24H24F3N3O2. The highest BCUT2D eigenvalue weighted by atomic mass is 19.1. The van der Waals surface area contributed by atoms with Crippen molar-refractivity contribution in [2.45, 2.75) is 24.8 Å². The third-order valence-electron chi connectivity index (χ3n) is 6.68. The highest BCUT2D eigenvalue weighted by molar-refractivity contribution is 5.92. The summed E-state index contributed by atoms with van der Waals surface area (Å²) in [6.07, 6.45) is 1.15. The number of hydrogen-bond donors (Lipinski definition) is 3. The quantitative estimate of drug-likeness (QED) is 0.578. The van der Waals surface area contributed by atoms with Gasteiger partial charge in [-0.05, 0) is 60.2 Å². The first-order chi connectivity index (χ1) is 15.4. The van der Waals surface area contributed by atoms with E-state index in [1.807, 2.05) is 0 Å². The van der Waals surface area contributed by atoms with E-state index in [0.717, 1.165) is 11.6 Å². The number of H-pyrrole nitrogens is 1. The second kappa shape index (κ2) is 8.26. The van der Waals surface area contributed by atoms with E-state index in [1.54, 1.807) is 17.0 Å². The third-order valence-corrected chi connectivity index (χ3v) is 6.68. The highest BCUT2D eigenvalue weighted by Crippen LogP contribution is 2.48. The summed E-state index contributed by atoms with van der Waals surface area (Å²) in [5.74, 6) is -1.88. The van der Waals surface area contributed by atoms with Crippen LogP contribution < -0.4 is 5.32 Å². The minimum Gasteiger partial charge on any atom is -0.395 e. The van der Waals surface area contributed by atoms with Crippen LogP contribution in [0.1, 0.15) is 24.3 Å². The van der Waals surface area contributed by atoms with Gasteiger partial charge in [0.25, 0.3) is 0 Å². The van der Waals surface area contributed by atoms with E-state index < -0.39 is 11.6 Å². The number of nitrogens with one attached hydrogen (secondary N) is 2. The zero-order chi connectivity index (χ0) is 22.4. The summed E-state index contributed by atoms with van der Waals surface area (Å²) in [6, 6.07) is 7.91. The van der Waals surface area contributed by atoms with Crippen molar-refractivity contribution >= 4 is 16.8 Å². The Kier molecular flexibility index (Phi) is 5.43. The standard InChI is InChI=1S/C24H24F3N3O2/c25-16-3-1-13(2-4-16)22-21(19-9-17(26)10-20(27)23(19)29-22)14-7-15(8-14)24(32)30-6-5-28-18(11-30)12-31/h1-4,9-10,14-15,18,28-29,31H,5-8,11-12H2/t14-,15-,18-/m0/s1. The molecule has 1 saturated carbocycles. The number of nitrogens with zero attached hydrogens (tertiary/aromatic N) is 1. The molecule has 5 nitrogen and oxygen atoms in total. The molecule has 3 N–H and O–H groups in total. The van der Waals surface area contributed by atoms with Crippen LogP contribution in [-0.4, -0.2) is 53.2 Å². The number of halogens is 3. The molecule has 1 aliphatic carbocycles. The van der Waals surface area contributed by atoms with Crippen molar-refractivity contribution in [3.8, 4) is 11.3 Å². The average molecular weight is 443 g/mol. The lowest BCUT2D eigenvalue weighted by Gasteiger charge is -2.41. The van der Waals surface area contributed by atoms with Crippen LogP contribution in [0.5, 0.6) is 0 Å². The summed E-state index contributed by atoms with van der Waals surface area (Å²) < 4.78 is 42.0. The second-order valence-corrected chi connectivity index (χ2v) is 8.71. The fraction of sp³-hybridized carbons (Fsp3) is 0.375. The molecule has 1 amide bonds. The predicted molar refractivity (Wildman–Crippen MR) is 115 cm³/mol. The molecule has 3 aromatic rings. The van der Waals surface area contributed by atoms with Crippen LogP contribution in [0.15, 0.2) is 36.4 Å². The maximum absolute atomic E-state index is 14.5. The van der Waals surface area contributed by atoms with Gasteiger partial charge in [0.2, 0.25) is 5.91 Å². The molecule has 0 radical (unpaired) electrons. The lowest BCUT2D eigenvalue weighted by atomic mass is 9.69. The normalized spacial score (nSPS) is 23.4. The summed E-state index contributed by atoms with van der Waals surface area (Å²) in [5, 5.41) is 13.0. The van der Waals surface area contributed by atoms with Crippen LogP contribution >= 0.6 is 0 Å². The molecule has 5 rings (SSSR count). The summed E-state index contributed by atoms with van der Waals surface area (Å²) in [4.78, 5) is 17.8. The number of rotatable bonds is 4. The molecule has 0 bridgehead atoms. The minimum absolute atomic E-state index is 0.0232. The van der Waals surface area contributed by atoms with Gasteiger partial charge in [0.15, 0.2) is 0 Å². The van der Waals surface area contributed by atoms with Crippen LogP contribution in [-0.2, 0) is 4.79 Å². The molecule has 168 valence electrons. The van der Waals surface area contributed by atoms with Gasteiger partial charge in [0, 0.05) is 43.0 Å². The number of carbonyl (C=O) groups excluding carboxylic acids is 1. The fourth-order valence-corrected chi connectivity index (χ4v) is 4.97. The van der Waals surface area contributed by atoms with Gasteiger partial charge in [-0.1, -0.05) is 0 Å². The monoisotopic (exact) mass is 443 g/mol. The lowest BCUT2D eigenvalue weighted by molar-refractivity contribution is -0.140. The molecule has 8 heteroatoms. The summed E-state index contributed by atoms with van der Waals surface area (Å²) >= 11 is 0. The van der Waals surface area contributed by atoms with Gasteiger partial charge in [0.05, 0.1) is 17.8 Å². The van der Waals surface area contributed by atoms with Gasteiger partial charge in [-0.3, -0.25) is 4.79 Å². The van der Waals surface area contributed by atoms with Gasteiger partial charge in [-0.15, -0.1) is 0 Å². The Morgan fingerprint density at radius 3 is 2.56 bits per heavy atom. The number of aromatic nitrogens is 1. The molecule has 32 heavy (non-hydrogen) atoms. The highest BCUT2D eigenvalue weighted by Gasteiger charge is 2.41. The Hall–Kier alpha value is -2.84. The van der Waals surface area contributed by atoms with E-state index in [1.165, 1.54) is 18.2 Å². The maximum Gasteiger partial charge on any atom is 0.225 e. The van der Waals surface area contributed by atoms with E-state index in [0.29, 0.717) is 49.1 Å². The first-order valence-corrected chi connectivity index (χ1v) is 10.8. The SMILES string of the molecule is O=C([C@H]1C[C@H](c2c(-c3ccc(F)cc3)[nH]c3c(F)cc(F)cc32)C1)N1CCN[C@H](CO)C1. The van der Waals surface area contributed by atoms with Crippen molar-refractivity contribution in [1.29, 1.82) is 0 Å². The lowest BCUT2D eigenvalue weighted by Crippen LogP contribution is -2.56. The smallest absolute Gasteiger partial charge is 0.225 e. The molecule has 1 aromatic heterocycles. The van der Waals surface area contributed by atoms with Crippen molar-refractivity contribution in [3.63, 3.8) is 0 Å². The number of piperazine rings is 1. The molecule has 0 spiro atoms. The second-order valence-electron chi connectivity index (χ2n) is 8.71. The zero-order valence-corrected chi connectivity index (χ0v) is 17.4. The number of aromatic amines is 1. The molecule has 2 fully saturated rings. The zero-order valence-electron chi connectivity index (χ0n) is 17.4. The number of aliphatic hydroxyl groups excluding tert-OH is 1. The van der Waals surface area contributed by atoms with Crippen molar-refractivity contribution in [1.82, 2.24) is 15.2 Å². The number of amides is 1. The Bertz CT molecular complexity index is 1160. The van der Waals surface area contributed by atoms with Gasteiger partial charge < -0.3 is 20.3 Å². The molecule has 1 aliphatic heterocycles. The van der Waals surface area contributed by atoms with Crippen molar-refractivity contribution in [3.05, 3.63) is 59.4 Å². The van der Waals surface area contributed by atoms with Crippen LogP contribution in [0.4, 0.5) is 13.2 Å². The Morgan fingerprint density at radius 2 is 1.84 bits per heavy atom. The van der Waals surface area contributed by atoms with Crippen molar-refractivity contribution in [2.75, 3.05) is 26.2 Å². The summed E-state index contributed by atoms with van der Waals surface area (Å²) in [7, 11) is 0. The van der Waals surface area contributed by atoms with E-state index in [9.17, 15) is 23.1 Å². The first kappa shape index (κ1) is 21.0. The minimum atomic E-state index is -0.683. The van der Waals surface area contributed by atoms with Gasteiger partial charge >= 0.3 is 0 Å². The predicted octanol–water partition coefficient (Wildman–Crippen LogP) is 3.54. The van der Waals surface area contributed by atoms with Gasteiger partial charge in [-0.25, -0.2) is 13.2 Å². The molecule has 2 heterocycles. The largest absolute Gasteiger partial charge is 0.395 e. The van der Waals surface area contributed by atoms with Gasteiger partial charge in [-0.2, -0.15) is 0 Å². The van der Waals surface area contributed by atoms with E-state index in [2.05, 4.69) is 10.3 Å². The Balaban J connectivity index is 1.45. The Labute approximate surface area is 183 Å². The average Bonchev–Trinajstić information content (AvgIpc) is 3.12. The molecule has 0 unspecified atom stereocenters. The third kappa shape index (κ3) is 3.67. The molecular weight excluding hydrogens is 419 g/mol. The number of hydrogen-bond acceptors (Lipinski definition) is 3. The van der Waals surface area contributed by atoms with Crippen LogP contribution in [0.25, 0.3) is 22.2 Å². The van der Waals surface area contributed by atoms with Gasteiger partial charge in [0.1, 0.15) is 17.5 Å². The fourth-order valence-electron chi connectivity index (χ4n) is 4.97. The Morgan fingerprint density at radius 1 is 1.09 bits per heavy atom. The number of fused-ring (bicyclic) bond motifs is 1. The van der Waals surface area contributed by atoms with Crippen LogP contribution in [0, 0.1) is 23.4 Å². The first-order valence-electron chi connectivity index (χ1n) is 10.8. The number of carbonyl (C=O) groups is 1. The number of benzene rings is 2. The molecule has 2 aromatic carbocycles. The van der Waals surface area contributed by atoms with E-state index in [-0.39, 0.29) is 41.7 Å². The molecule has 1 saturated heterocycles. The maximum atomic E-state index is 14.5. The van der Waals surface area contributed by atoms with E-state index in [4.69, 9.17) is 0 Å². The van der Waals surface area contributed by atoms with E-state index >= 15 is 0 Å². The van der Waals surface area contributed by atoms with Crippen molar-refractivity contribution < 1.29 is 23.1 Å². The molecule has 2 aliphatic rings. The van der Waals surface area contributed by atoms with Crippen molar-refractivity contribution in [2.24, 2.45) is 5.92 Å². The molecule has 1 atom stereocenters. The van der Waals surface area contributed by atoms with Crippen LogP contribution in [0.2, 0.25) is 0 Å². The topological polar surface area (TPSA) is 68.4 Å².